The van der Waals surface area contributed by atoms with E-state index in [-0.39, 0.29) is 17.5 Å². The van der Waals surface area contributed by atoms with Crippen molar-refractivity contribution in [1.29, 1.82) is 0 Å². The highest BCUT2D eigenvalue weighted by Gasteiger charge is 2.51. The van der Waals surface area contributed by atoms with Crippen LogP contribution in [0.2, 0.25) is 0 Å². The van der Waals surface area contributed by atoms with Crippen molar-refractivity contribution in [3.63, 3.8) is 0 Å². The normalized spacial score (nSPS) is 17.1. The van der Waals surface area contributed by atoms with Gasteiger partial charge < -0.3 is 15.4 Å². The summed E-state index contributed by atoms with van der Waals surface area (Å²) < 4.78 is 5.95. The SMILES string of the molecule is CNC(=O)C1(NC(=O)c2ccc(-c3ccccc3)c(OCC3CC3)n2)CC1. The zero-order valence-electron chi connectivity index (χ0n) is 15.3. The maximum Gasteiger partial charge on any atom is 0.270 e. The third kappa shape index (κ3) is 3.79. The van der Waals surface area contributed by atoms with Crippen molar-refractivity contribution in [3.8, 4) is 17.0 Å². The van der Waals surface area contributed by atoms with Gasteiger partial charge in [-0.05, 0) is 49.3 Å². The largest absolute Gasteiger partial charge is 0.477 e. The average Bonchev–Trinajstić information content (AvgIpc) is 3.62. The third-order valence-electron chi connectivity index (χ3n) is 5.09. The maximum atomic E-state index is 12.7. The molecule has 6 nitrogen and oxygen atoms in total. The zero-order chi connectivity index (χ0) is 18.9. The van der Waals surface area contributed by atoms with Crippen molar-refractivity contribution in [2.24, 2.45) is 5.92 Å². The van der Waals surface area contributed by atoms with Gasteiger partial charge in [-0.2, -0.15) is 0 Å². The minimum absolute atomic E-state index is 0.165. The Kier molecular flexibility index (Phi) is 4.56. The first-order valence-corrected chi connectivity index (χ1v) is 9.35. The van der Waals surface area contributed by atoms with Crippen LogP contribution in [0.25, 0.3) is 11.1 Å². The molecule has 0 atom stereocenters. The van der Waals surface area contributed by atoms with Crippen molar-refractivity contribution in [3.05, 3.63) is 48.2 Å². The van der Waals surface area contributed by atoms with Crippen molar-refractivity contribution in [1.82, 2.24) is 15.6 Å². The Labute approximate surface area is 158 Å². The second-order valence-electron chi connectivity index (χ2n) is 7.28. The van der Waals surface area contributed by atoms with Crippen LogP contribution in [-0.2, 0) is 4.79 Å². The van der Waals surface area contributed by atoms with E-state index in [9.17, 15) is 9.59 Å². The number of benzene rings is 1. The summed E-state index contributed by atoms with van der Waals surface area (Å²) in [6.07, 6.45) is 3.64. The van der Waals surface area contributed by atoms with Gasteiger partial charge in [-0.1, -0.05) is 30.3 Å². The lowest BCUT2D eigenvalue weighted by Gasteiger charge is -2.16. The van der Waals surface area contributed by atoms with E-state index in [0.717, 1.165) is 11.1 Å². The lowest BCUT2D eigenvalue weighted by molar-refractivity contribution is -0.123. The van der Waals surface area contributed by atoms with Gasteiger partial charge in [-0.25, -0.2) is 4.98 Å². The first kappa shape index (κ1) is 17.5. The number of carbonyl (C=O) groups excluding carboxylic acids is 2. The Morgan fingerprint density at radius 1 is 1.15 bits per heavy atom. The minimum Gasteiger partial charge on any atom is -0.477 e. The molecule has 6 heteroatoms. The number of likely N-dealkylation sites (N-methyl/N-ethyl adjacent to an activating group) is 1. The Hall–Kier alpha value is -2.89. The van der Waals surface area contributed by atoms with E-state index in [1.165, 1.54) is 12.8 Å². The molecule has 0 bridgehead atoms. The van der Waals surface area contributed by atoms with Gasteiger partial charge in [0.25, 0.3) is 5.91 Å². The molecule has 4 rings (SSSR count). The third-order valence-corrected chi connectivity index (χ3v) is 5.09. The smallest absolute Gasteiger partial charge is 0.270 e. The molecule has 1 aromatic heterocycles. The number of hydrogen-bond donors (Lipinski definition) is 2. The number of rotatable bonds is 7. The number of ether oxygens (including phenoxy) is 1. The van der Waals surface area contributed by atoms with Crippen LogP contribution in [0.3, 0.4) is 0 Å². The molecule has 0 aliphatic heterocycles. The molecule has 0 unspecified atom stereocenters. The minimum atomic E-state index is -0.791. The maximum absolute atomic E-state index is 12.7. The lowest BCUT2D eigenvalue weighted by atomic mass is 10.1. The first-order chi connectivity index (χ1) is 13.1. The van der Waals surface area contributed by atoms with Crippen LogP contribution < -0.4 is 15.4 Å². The fourth-order valence-corrected chi connectivity index (χ4v) is 3.05. The number of nitrogens with zero attached hydrogens (tertiary/aromatic N) is 1. The van der Waals surface area contributed by atoms with Gasteiger partial charge >= 0.3 is 0 Å². The summed E-state index contributed by atoms with van der Waals surface area (Å²) in [6, 6.07) is 13.4. The van der Waals surface area contributed by atoms with Crippen molar-refractivity contribution < 1.29 is 14.3 Å². The predicted octanol–water partition coefficient (Wildman–Crippen LogP) is 2.55. The van der Waals surface area contributed by atoms with Gasteiger partial charge in [0.05, 0.1) is 6.61 Å². The quantitative estimate of drug-likeness (QED) is 0.790. The highest BCUT2D eigenvalue weighted by atomic mass is 16.5. The molecule has 0 spiro atoms. The number of amides is 2. The van der Waals surface area contributed by atoms with Crippen LogP contribution in [0.4, 0.5) is 0 Å². The molecule has 0 radical (unpaired) electrons. The number of hydrogen-bond acceptors (Lipinski definition) is 4. The van der Waals surface area contributed by atoms with Gasteiger partial charge in [0.2, 0.25) is 11.8 Å². The number of aromatic nitrogens is 1. The zero-order valence-corrected chi connectivity index (χ0v) is 15.3. The van der Waals surface area contributed by atoms with Crippen LogP contribution in [0.5, 0.6) is 5.88 Å². The van der Waals surface area contributed by atoms with Crippen LogP contribution in [0.1, 0.15) is 36.2 Å². The topological polar surface area (TPSA) is 80.3 Å². The fourth-order valence-electron chi connectivity index (χ4n) is 3.05. The van der Waals surface area contributed by atoms with Gasteiger partial charge in [0, 0.05) is 12.6 Å². The molecule has 1 aromatic carbocycles. The molecule has 2 amide bonds. The summed E-state index contributed by atoms with van der Waals surface area (Å²) in [5.74, 6) is 0.523. The molecule has 2 fully saturated rings. The molecular formula is C21H23N3O3. The fraction of sp³-hybridized carbons (Fsp3) is 0.381. The van der Waals surface area contributed by atoms with Gasteiger partial charge in [-0.3, -0.25) is 9.59 Å². The Balaban J connectivity index is 1.59. The number of carbonyl (C=O) groups is 2. The lowest BCUT2D eigenvalue weighted by Crippen LogP contribution is -2.48. The predicted molar refractivity (Wildman–Crippen MR) is 101 cm³/mol. The van der Waals surface area contributed by atoms with Gasteiger partial charge in [-0.15, -0.1) is 0 Å². The van der Waals surface area contributed by atoms with Crippen LogP contribution in [0.15, 0.2) is 42.5 Å². The van der Waals surface area contributed by atoms with E-state index in [0.29, 0.717) is 31.2 Å². The Morgan fingerprint density at radius 3 is 2.52 bits per heavy atom. The molecule has 27 heavy (non-hydrogen) atoms. The number of pyridine rings is 1. The standard InChI is InChI=1S/C21H23N3O3/c1-22-20(26)21(11-12-21)24-18(25)17-10-9-16(15-5-3-2-4-6-15)19(23-17)27-13-14-7-8-14/h2-6,9-10,14H,7-8,11-13H2,1H3,(H,22,26)(H,24,25). The molecule has 2 aromatic rings. The molecule has 0 saturated heterocycles. The summed E-state index contributed by atoms with van der Waals surface area (Å²) in [5, 5.41) is 5.44. The second kappa shape index (κ2) is 7.02. The van der Waals surface area contributed by atoms with Gasteiger partial charge in [0.15, 0.2) is 0 Å². The summed E-state index contributed by atoms with van der Waals surface area (Å²) in [6.45, 7) is 0.611. The molecule has 1 heterocycles. The van der Waals surface area contributed by atoms with Crippen LogP contribution in [-0.4, -0.2) is 36.0 Å². The van der Waals surface area contributed by atoms with E-state index in [4.69, 9.17) is 4.74 Å². The van der Waals surface area contributed by atoms with Crippen LogP contribution in [0, 0.1) is 5.92 Å². The molecule has 2 N–H and O–H groups in total. The molecule has 2 aliphatic carbocycles. The highest BCUT2D eigenvalue weighted by molar-refractivity contribution is 5.99. The Morgan fingerprint density at radius 2 is 1.89 bits per heavy atom. The molecule has 140 valence electrons. The second-order valence-corrected chi connectivity index (χ2v) is 7.28. The van der Waals surface area contributed by atoms with Gasteiger partial charge in [0.1, 0.15) is 11.2 Å². The summed E-state index contributed by atoms with van der Waals surface area (Å²) in [7, 11) is 1.57. The summed E-state index contributed by atoms with van der Waals surface area (Å²) >= 11 is 0. The van der Waals surface area contributed by atoms with E-state index in [2.05, 4.69) is 15.6 Å². The average molecular weight is 365 g/mol. The monoisotopic (exact) mass is 365 g/mol. The molecule has 2 aliphatic rings. The first-order valence-electron chi connectivity index (χ1n) is 9.35. The van der Waals surface area contributed by atoms with E-state index in [1.54, 1.807) is 13.1 Å². The Bertz CT molecular complexity index is 858. The van der Waals surface area contributed by atoms with Crippen LogP contribution >= 0.6 is 0 Å². The summed E-state index contributed by atoms with van der Waals surface area (Å²) in [5.41, 5.74) is 1.32. The van der Waals surface area contributed by atoms with E-state index < -0.39 is 5.54 Å². The highest BCUT2D eigenvalue weighted by Crippen LogP contribution is 2.36. The molecule has 2 saturated carbocycles. The van der Waals surface area contributed by atoms with E-state index >= 15 is 0 Å². The van der Waals surface area contributed by atoms with Crippen molar-refractivity contribution >= 4 is 11.8 Å². The van der Waals surface area contributed by atoms with E-state index in [1.807, 2.05) is 36.4 Å². The molecular weight excluding hydrogens is 342 g/mol. The summed E-state index contributed by atoms with van der Waals surface area (Å²) in [4.78, 5) is 29.1. The van der Waals surface area contributed by atoms with Crippen molar-refractivity contribution in [2.45, 2.75) is 31.2 Å². The number of nitrogens with one attached hydrogen (secondary N) is 2. The van der Waals surface area contributed by atoms with Crippen molar-refractivity contribution in [2.75, 3.05) is 13.7 Å².